The number of carbonyl (C=O) groups excluding carboxylic acids is 1. The molecule has 2 aromatic rings. The fourth-order valence-corrected chi connectivity index (χ4v) is 3.44. The van der Waals surface area contributed by atoms with Gasteiger partial charge in [-0.3, -0.25) is 4.79 Å². The summed E-state index contributed by atoms with van der Waals surface area (Å²) in [6, 6.07) is 15.9. The van der Waals surface area contributed by atoms with E-state index >= 15 is 0 Å². The van der Waals surface area contributed by atoms with Crippen LogP contribution in [-0.4, -0.2) is 18.7 Å². The second-order valence-corrected chi connectivity index (χ2v) is 9.14. The fourth-order valence-electron chi connectivity index (χ4n) is 3.44. The molecular weight excluding hydrogens is 348 g/mol. The molecule has 150 valence electrons. The minimum absolute atomic E-state index is 0.0734. The molecule has 2 aromatic carbocycles. The van der Waals surface area contributed by atoms with Crippen LogP contribution in [0.5, 0.6) is 5.75 Å². The number of hydrogen-bond donors (Lipinski definition) is 1. The minimum Gasteiger partial charge on any atom is -0.484 e. The molecule has 0 bridgehead atoms. The van der Waals surface area contributed by atoms with Gasteiger partial charge in [-0.1, -0.05) is 76.6 Å². The van der Waals surface area contributed by atoms with Crippen LogP contribution in [0.3, 0.4) is 0 Å². The third-order valence-electron chi connectivity index (χ3n) is 4.46. The lowest BCUT2D eigenvalue weighted by atomic mass is 9.72. The van der Waals surface area contributed by atoms with Gasteiger partial charge in [0, 0.05) is 0 Å². The lowest BCUT2D eigenvalue weighted by Crippen LogP contribution is -2.25. The summed E-state index contributed by atoms with van der Waals surface area (Å²) < 4.78 is 5.57. The number of carbonyl (C=O) groups is 1. The van der Waals surface area contributed by atoms with Crippen molar-refractivity contribution >= 4 is 12.1 Å². The zero-order valence-electron chi connectivity index (χ0n) is 17.9. The first-order chi connectivity index (χ1) is 13.0. The van der Waals surface area contributed by atoms with E-state index in [0.717, 1.165) is 12.0 Å². The molecule has 0 aliphatic heterocycles. The highest BCUT2D eigenvalue weighted by molar-refractivity contribution is 5.82. The zero-order chi connectivity index (χ0) is 20.8. The molecule has 0 spiro atoms. The predicted molar refractivity (Wildman–Crippen MR) is 116 cm³/mol. The smallest absolute Gasteiger partial charge is 0.277 e. The van der Waals surface area contributed by atoms with Crippen LogP contribution in [0.1, 0.15) is 57.7 Å². The normalized spacial score (nSPS) is 12.2. The monoisotopic (exact) mass is 380 g/mol. The van der Waals surface area contributed by atoms with Crippen LogP contribution in [0.15, 0.2) is 53.6 Å². The number of aryl methyl sites for hydroxylation is 1. The number of ether oxygens (including phenoxy) is 1. The van der Waals surface area contributed by atoms with E-state index in [1.807, 2.05) is 43.3 Å². The molecular formula is C24H32N2O2. The van der Waals surface area contributed by atoms with E-state index in [1.54, 1.807) is 6.21 Å². The summed E-state index contributed by atoms with van der Waals surface area (Å²) in [4.78, 5) is 11.9. The van der Waals surface area contributed by atoms with Gasteiger partial charge in [-0.05, 0) is 47.4 Å². The summed E-state index contributed by atoms with van der Waals surface area (Å²) in [6.07, 6.45) is 2.70. The Labute approximate surface area is 169 Å². The number of hydrazone groups is 1. The van der Waals surface area contributed by atoms with Crippen molar-refractivity contribution in [3.05, 3.63) is 65.2 Å². The van der Waals surface area contributed by atoms with Crippen molar-refractivity contribution < 1.29 is 9.53 Å². The summed E-state index contributed by atoms with van der Waals surface area (Å²) in [5, 5.41) is 3.96. The maximum Gasteiger partial charge on any atom is 0.277 e. The number of hydrogen-bond acceptors (Lipinski definition) is 3. The number of nitrogens with zero attached hydrogens (tertiary/aromatic N) is 1. The van der Waals surface area contributed by atoms with Crippen molar-refractivity contribution in [2.75, 3.05) is 6.61 Å². The van der Waals surface area contributed by atoms with E-state index in [9.17, 15) is 4.79 Å². The van der Waals surface area contributed by atoms with Crippen molar-refractivity contribution in [1.82, 2.24) is 5.43 Å². The molecule has 0 unspecified atom stereocenters. The molecule has 0 saturated heterocycles. The van der Waals surface area contributed by atoms with Gasteiger partial charge in [-0.2, -0.15) is 5.10 Å². The Morgan fingerprint density at radius 2 is 1.61 bits per heavy atom. The summed E-state index contributed by atoms with van der Waals surface area (Å²) in [7, 11) is 0. The average molecular weight is 381 g/mol. The Morgan fingerprint density at radius 1 is 1.00 bits per heavy atom. The second-order valence-electron chi connectivity index (χ2n) is 9.14. The summed E-state index contributed by atoms with van der Waals surface area (Å²) >= 11 is 0. The van der Waals surface area contributed by atoms with Gasteiger partial charge in [0.15, 0.2) is 6.61 Å². The molecule has 28 heavy (non-hydrogen) atoms. The average Bonchev–Trinajstić information content (AvgIpc) is 2.60. The Hall–Kier alpha value is -2.62. The molecule has 4 heteroatoms. The van der Waals surface area contributed by atoms with E-state index < -0.39 is 0 Å². The van der Waals surface area contributed by atoms with E-state index in [-0.39, 0.29) is 23.3 Å². The van der Waals surface area contributed by atoms with Gasteiger partial charge >= 0.3 is 0 Å². The van der Waals surface area contributed by atoms with Crippen molar-refractivity contribution in [3.63, 3.8) is 0 Å². The van der Waals surface area contributed by atoms with Gasteiger partial charge in [0.05, 0.1) is 6.21 Å². The van der Waals surface area contributed by atoms with Gasteiger partial charge in [-0.25, -0.2) is 5.43 Å². The molecule has 2 rings (SSSR count). The molecule has 4 nitrogen and oxygen atoms in total. The quantitative estimate of drug-likeness (QED) is 0.528. The van der Waals surface area contributed by atoms with E-state index in [4.69, 9.17) is 4.74 Å². The molecule has 1 amide bonds. The molecule has 0 heterocycles. The lowest BCUT2D eigenvalue weighted by Gasteiger charge is -2.33. The second kappa shape index (κ2) is 9.05. The molecule has 0 aliphatic carbocycles. The standard InChI is InChI=1S/C24H32N2O2/c1-18-7-9-19(10-8-18)15-25-26-22(27)16-28-21-13-11-20(12-14-21)24(5,6)17-23(2,3)4/h7-15H,16-17H2,1-6H3,(H,26,27)/b25-15+. The Kier molecular flexibility index (Phi) is 7.00. The molecule has 0 aromatic heterocycles. The summed E-state index contributed by atoms with van der Waals surface area (Å²) in [5.41, 5.74) is 6.20. The Morgan fingerprint density at radius 3 is 2.18 bits per heavy atom. The van der Waals surface area contributed by atoms with Crippen LogP contribution in [0.25, 0.3) is 0 Å². The van der Waals surface area contributed by atoms with Gasteiger partial charge in [0.25, 0.3) is 5.91 Å². The molecule has 0 aliphatic rings. The van der Waals surface area contributed by atoms with Gasteiger partial charge in [-0.15, -0.1) is 0 Å². The van der Waals surface area contributed by atoms with Crippen LogP contribution >= 0.6 is 0 Å². The number of nitrogens with one attached hydrogen (secondary N) is 1. The lowest BCUT2D eigenvalue weighted by molar-refractivity contribution is -0.123. The van der Waals surface area contributed by atoms with E-state index in [1.165, 1.54) is 11.1 Å². The van der Waals surface area contributed by atoms with Crippen LogP contribution in [0, 0.1) is 12.3 Å². The summed E-state index contributed by atoms with van der Waals surface area (Å²) in [5.74, 6) is 0.383. The van der Waals surface area contributed by atoms with Crippen LogP contribution in [0.2, 0.25) is 0 Å². The maximum absolute atomic E-state index is 11.9. The van der Waals surface area contributed by atoms with Crippen LogP contribution < -0.4 is 10.2 Å². The highest BCUT2D eigenvalue weighted by atomic mass is 16.5. The van der Waals surface area contributed by atoms with Gasteiger partial charge in [0.1, 0.15) is 5.75 Å². The van der Waals surface area contributed by atoms with Crippen LogP contribution in [0.4, 0.5) is 0 Å². The molecule has 0 atom stereocenters. The molecule has 1 N–H and O–H groups in total. The van der Waals surface area contributed by atoms with Crippen molar-refractivity contribution in [3.8, 4) is 5.75 Å². The highest BCUT2D eigenvalue weighted by Crippen LogP contribution is 2.36. The van der Waals surface area contributed by atoms with Crippen LogP contribution in [-0.2, 0) is 10.2 Å². The van der Waals surface area contributed by atoms with E-state index in [0.29, 0.717) is 5.75 Å². The fraction of sp³-hybridized carbons (Fsp3) is 0.417. The molecule has 0 radical (unpaired) electrons. The Balaban J connectivity index is 1.84. The zero-order valence-corrected chi connectivity index (χ0v) is 17.9. The van der Waals surface area contributed by atoms with Crippen molar-refractivity contribution in [1.29, 1.82) is 0 Å². The third kappa shape index (κ3) is 7.18. The first-order valence-electron chi connectivity index (χ1n) is 9.67. The first-order valence-corrected chi connectivity index (χ1v) is 9.67. The van der Waals surface area contributed by atoms with Gasteiger partial charge < -0.3 is 4.74 Å². The SMILES string of the molecule is Cc1ccc(/C=N/NC(=O)COc2ccc(C(C)(C)CC(C)(C)C)cc2)cc1. The topological polar surface area (TPSA) is 50.7 Å². The Bertz CT molecular complexity index is 798. The largest absolute Gasteiger partial charge is 0.484 e. The molecule has 0 fully saturated rings. The maximum atomic E-state index is 11.9. The van der Waals surface area contributed by atoms with Crippen molar-refractivity contribution in [2.45, 2.75) is 53.4 Å². The number of amides is 1. The summed E-state index contributed by atoms with van der Waals surface area (Å²) in [6.45, 7) is 13.2. The highest BCUT2D eigenvalue weighted by Gasteiger charge is 2.27. The van der Waals surface area contributed by atoms with Gasteiger partial charge in [0.2, 0.25) is 0 Å². The third-order valence-corrected chi connectivity index (χ3v) is 4.46. The predicted octanol–water partition coefficient (Wildman–Crippen LogP) is 5.24. The number of benzene rings is 2. The minimum atomic E-state index is -0.291. The van der Waals surface area contributed by atoms with E-state index in [2.05, 4.69) is 57.3 Å². The number of rotatable bonds is 7. The first kappa shape index (κ1) is 21.7. The molecule has 0 saturated carbocycles. The van der Waals surface area contributed by atoms with Crippen molar-refractivity contribution in [2.24, 2.45) is 10.5 Å².